The molecule has 0 bridgehead atoms. The zero-order valence-corrected chi connectivity index (χ0v) is 10.3. The maximum Gasteiger partial charge on any atom is 0.138 e. The average Bonchev–Trinajstić information content (AvgIpc) is 2.56. The summed E-state index contributed by atoms with van der Waals surface area (Å²) >= 11 is 3.94. The molecule has 0 saturated heterocycles. The summed E-state index contributed by atoms with van der Waals surface area (Å²) in [5.41, 5.74) is 0.642. The molecule has 0 N–H and O–H groups in total. The van der Waals surface area contributed by atoms with Crippen LogP contribution >= 0.6 is 33.9 Å². The maximum atomic E-state index is 8.82. The molecule has 70 valence electrons. The van der Waals surface area contributed by atoms with Gasteiger partial charge in [-0.05, 0) is 46.2 Å². The Bertz CT molecular complexity index is 527. The zero-order chi connectivity index (χ0) is 10.1. The maximum absolute atomic E-state index is 8.82. The van der Waals surface area contributed by atoms with Crippen molar-refractivity contribution in [3.63, 3.8) is 0 Å². The molecule has 0 saturated carbocycles. The van der Waals surface area contributed by atoms with E-state index in [-0.39, 0.29) is 0 Å². The van der Waals surface area contributed by atoms with Crippen LogP contribution in [0.5, 0.6) is 5.75 Å². The molecule has 0 unspecified atom stereocenters. The van der Waals surface area contributed by atoms with Crippen molar-refractivity contribution in [2.45, 2.75) is 0 Å². The lowest BCUT2D eigenvalue weighted by Crippen LogP contribution is -1.83. The van der Waals surface area contributed by atoms with Crippen LogP contribution in [0.3, 0.4) is 0 Å². The normalized spacial score (nSPS) is 10.1. The summed E-state index contributed by atoms with van der Waals surface area (Å²) in [5, 5.41) is 9.90. The lowest BCUT2D eigenvalue weighted by molar-refractivity contribution is 0.420. The van der Waals surface area contributed by atoms with Crippen molar-refractivity contribution in [2.75, 3.05) is 7.11 Å². The van der Waals surface area contributed by atoms with E-state index in [0.717, 1.165) is 15.8 Å². The van der Waals surface area contributed by atoms with Crippen LogP contribution in [0.1, 0.15) is 5.56 Å². The number of thiophene rings is 1. The van der Waals surface area contributed by atoms with E-state index in [1.165, 1.54) is 2.88 Å². The highest BCUT2D eigenvalue weighted by Crippen LogP contribution is 2.35. The van der Waals surface area contributed by atoms with Crippen molar-refractivity contribution in [3.05, 3.63) is 26.6 Å². The highest BCUT2D eigenvalue weighted by Gasteiger charge is 2.07. The molecule has 4 heteroatoms. The Hall–Kier alpha value is -0.800. The van der Waals surface area contributed by atoms with Gasteiger partial charge in [-0.25, -0.2) is 0 Å². The number of hydrogen-bond donors (Lipinski definition) is 0. The standard InChI is InChI=1S/C10H6INOS/c1-13-8-3-6(5-12)2-7-4-9(11)14-10(7)8/h2-4H,1H3. The van der Waals surface area contributed by atoms with Crippen molar-refractivity contribution in [3.8, 4) is 11.8 Å². The fourth-order valence-corrected chi connectivity index (χ4v) is 3.16. The molecule has 0 fully saturated rings. The second kappa shape index (κ2) is 3.75. The van der Waals surface area contributed by atoms with Crippen molar-refractivity contribution >= 4 is 44.0 Å². The van der Waals surface area contributed by atoms with Gasteiger partial charge in [0.25, 0.3) is 0 Å². The minimum Gasteiger partial charge on any atom is -0.495 e. The first kappa shape index (κ1) is 9.74. The van der Waals surface area contributed by atoms with Gasteiger partial charge in [0.05, 0.1) is 26.3 Å². The van der Waals surface area contributed by atoms with Crippen LogP contribution in [0.2, 0.25) is 0 Å². The molecule has 0 spiro atoms. The van der Waals surface area contributed by atoms with E-state index in [0.29, 0.717) is 5.56 Å². The van der Waals surface area contributed by atoms with Gasteiger partial charge >= 0.3 is 0 Å². The topological polar surface area (TPSA) is 33.0 Å². The Kier molecular flexibility index (Phi) is 2.61. The number of rotatable bonds is 1. The molecule has 1 aromatic carbocycles. The van der Waals surface area contributed by atoms with E-state index in [9.17, 15) is 0 Å². The fraction of sp³-hybridized carbons (Fsp3) is 0.100. The van der Waals surface area contributed by atoms with Crippen molar-refractivity contribution in [1.29, 1.82) is 5.26 Å². The van der Waals surface area contributed by atoms with E-state index < -0.39 is 0 Å². The first-order chi connectivity index (χ1) is 6.74. The van der Waals surface area contributed by atoms with Crippen LogP contribution in [0.25, 0.3) is 10.1 Å². The lowest BCUT2D eigenvalue weighted by Gasteiger charge is -2.01. The second-order valence-electron chi connectivity index (χ2n) is 2.76. The van der Waals surface area contributed by atoms with Gasteiger partial charge in [0.1, 0.15) is 5.75 Å². The SMILES string of the molecule is COc1cc(C#N)cc2cc(I)sc12. The molecule has 0 aliphatic carbocycles. The predicted octanol–water partition coefficient (Wildman–Crippen LogP) is 3.39. The van der Waals surface area contributed by atoms with Gasteiger partial charge in [-0.3, -0.25) is 0 Å². The van der Waals surface area contributed by atoms with Gasteiger partial charge in [-0.15, -0.1) is 11.3 Å². The van der Waals surface area contributed by atoms with Gasteiger partial charge in [0.2, 0.25) is 0 Å². The summed E-state index contributed by atoms with van der Waals surface area (Å²) in [7, 11) is 1.63. The second-order valence-corrected chi connectivity index (χ2v) is 5.71. The average molecular weight is 315 g/mol. The summed E-state index contributed by atoms with van der Waals surface area (Å²) in [4.78, 5) is 0. The quantitative estimate of drug-likeness (QED) is 0.756. The molecular weight excluding hydrogens is 309 g/mol. The molecule has 2 nitrogen and oxygen atoms in total. The van der Waals surface area contributed by atoms with Crippen molar-refractivity contribution < 1.29 is 4.74 Å². The minimum absolute atomic E-state index is 0.642. The third kappa shape index (κ3) is 1.58. The van der Waals surface area contributed by atoms with E-state index in [2.05, 4.69) is 34.7 Å². The number of methoxy groups -OCH3 is 1. The van der Waals surface area contributed by atoms with Crippen LogP contribution < -0.4 is 4.74 Å². The Morgan fingerprint density at radius 1 is 1.43 bits per heavy atom. The predicted molar refractivity (Wildman–Crippen MR) is 65.8 cm³/mol. The number of nitrogens with zero attached hydrogens (tertiary/aromatic N) is 1. The van der Waals surface area contributed by atoms with Gasteiger partial charge < -0.3 is 4.74 Å². The molecule has 0 aliphatic heterocycles. The van der Waals surface area contributed by atoms with Crippen LogP contribution in [0.4, 0.5) is 0 Å². The largest absolute Gasteiger partial charge is 0.495 e. The zero-order valence-electron chi connectivity index (χ0n) is 7.37. The van der Waals surface area contributed by atoms with E-state index >= 15 is 0 Å². The van der Waals surface area contributed by atoms with E-state index in [1.54, 1.807) is 24.5 Å². The molecule has 0 radical (unpaired) electrons. The first-order valence-electron chi connectivity index (χ1n) is 3.92. The number of hydrogen-bond acceptors (Lipinski definition) is 3. The monoisotopic (exact) mass is 315 g/mol. The van der Waals surface area contributed by atoms with Crippen LogP contribution in [0.15, 0.2) is 18.2 Å². The molecule has 0 atom stereocenters. The van der Waals surface area contributed by atoms with Gasteiger partial charge in [0, 0.05) is 0 Å². The van der Waals surface area contributed by atoms with E-state index in [4.69, 9.17) is 10.00 Å². The van der Waals surface area contributed by atoms with Gasteiger partial charge in [-0.1, -0.05) is 0 Å². The Balaban J connectivity index is 2.80. The Morgan fingerprint density at radius 2 is 2.21 bits per heavy atom. The summed E-state index contributed by atoms with van der Waals surface area (Å²) in [6.45, 7) is 0. The van der Waals surface area contributed by atoms with E-state index in [1.807, 2.05) is 6.07 Å². The molecule has 0 aliphatic rings. The number of nitriles is 1. The molecule has 1 heterocycles. The molecule has 2 rings (SSSR count). The molecule has 0 amide bonds. The van der Waals surface area contributed by atoms with Crippen LogP contribution in [-0.4, -0.2) is 7.11 Å². The summed E-state index contributed by atoms with van der Waals surface area (Å²) < 4.78 is 7.55. The Labute approximate surface area is 99.3 Å². The smallest absolute Gasteiger partial charge is 0.138 e. The van der Waals surface area contributed by atoms with Crippen LogP contribution in [0, 0.1) is 14.2 Å². The molecule has 14 heavy (non-hydrogen) atoms. The number of ether oxygens (including phenoxy) is 1. The molecule has 1 aromatic heterocycles. The molecule has 2 aromatic rings. The number of halogens is 1. The fourth-order valence-electron chi connectivity index (χ4n) is 1.31. The highest BCUT2D eigenvalue weighted by molar-refractivity contribution is 14.1. The number of fused-ring (bicyclic) bond motifs is 1. The summed E-state index contributed by atoms with van der Waals surface area (Å²) in [6, 6.07) is 7.84. The lowest BCUT2D eigenvalue weighted by atomic mass is 10.2. The summed E-state index contributed by atoms with van der Waals surface area (Å²) in [5.74, 6) is 0.784. The number of benzene rings is 1. The van der Waals surface area contributed by atoms with Gasteiger partial charge in [-0.2, -0.15) is 5.26 Å². The summed E-state index contributed by atoms with van der Waals surface area (Å²) in [6.07, 6.45) is 0. The molecular formula is C10H6INOS. The third-order valence-corrected chi connectivity index (χ3v) is 3.83. The van der Waals surface area contributed by atoms with Crippen molar-refractivity contribution in [2.24, 2.45) is 0 Å². The van der Waals surface area contributed by atoms with Crippen LogP contribution in [-0.2, 0) is 0 Å². The first-order valence-corrected chi connectivity index (χ1v) is 5.81. The van der Waals surface area contributed by atoms with Gasteiger partial charge in [0.15, 0.2) is 0 Å². The van der Waals surface area contributed by atoms with Crippen molar-refractivity contribution in [1.82, 2.24) is 0 Å². The Morgan fingerprint density at radius 3 is 2.86 bits per heavy atom. The minimum atomic E-state index is 0.642. The highest BCUT2D eigenvalue weighted by atomic mass is 127. The third-order valence-electron chi connectivity index (χ3n) is 1.90.